The van der Waals surface area contributed by atoms with Crippen molar-refractivity contribution in [1.82, 2.24) is 20.1 Å². The number of piperidine rings is 1. The lowest BCUT2D eigenvalue weighted by Crippen LogP contribution is -2.43. The molecule has 3 saturated heterocycles. The Morgan fingerprint density at radius 2 is 2.10 bits per heavy atom. The first-order valence-corrected chi connectivity index (χ1v) is 11.0. The number of ether oxygens (including phenoxy) is 1. The standard InChI is InChI=1S/C22H28F2N4O3/c1-30-16-2-3-19-17(11-16)26-20(31-19)14-4-7-27(8-5-14)15-10-18(25-12-15)21(29)28-9-6-22(23,24)13-28/h2-3,11,14-15,18,25H,4-10,12-13H2,1H3/t15-,18-/m0/s1. The number of hydrogen-bond donors (Lipinski definition) is 1. The van der Waals surface area contributed by atoms with Gasteiger partial charge >= 0.3 is 0 Å². The average Bonchev–Trinajstić information content (AvgIpc) is 3.50. The molecule has 1 amide bonds. The number of halogens is 2. The molecule has 0 bridgehead atoms. The van der Waals surface area contributed by atoms with Gasteiger partial charge in [0, 0.05) is 37.5 Å². The van der Waals surface area contributed by atoms with Crippen molar-refractivity contribution in [3.63, 3.8) is 0 Å². The maximum absolute atomic E-state index is 13.5. The first-order valence-electron chi connectivity index (χ1n) is 11.0. The largest absolute Gasteiger partial charge is 0.497 e. The van der Waals surface area contributed by atoms with Crippen LogP contribution in [0.2, 0.25) is 0 Å². The summed E-state index contributed by atoms with van der Waals surface area (Å²) in [5.41, 5.74) is 1.58. The predicted octanol–water partition coefficient (Wildman–Crippen LogP) is 2.61. The quantitative estimate of drug-likeness (QED) is 0.798. The van der Waals surface area contributed by atoms with Crippen molar-refractivity contribution >= 4 is 17.0 Å². The van der Waals surface area contributed by atoms with E-state index in [1.54, 1.807) is 7.11 Å². The number of aromatic nitrogens is 1. The van der Waals surface area contributed by atoms with E-state index in [4.69, 9.17) is 9.15 Å². The monoisotopic (exact) mass is 434 g/mol. The minimum atomic E-state index is -2.74. The van der Waals surface area contributed by atoms with Crippen LogP contribution >= 0.6 is 0 Å². The lowest BCUT2D eigenvalue weighted by molar-refractivity contribution is -0.133. The molecule has 9 heteroatoms. The second-order valence-electron chi connectivity index (χ2n) is 8.91. The molecule has 7 nitrogen and oxygen atoms in total. The van der Waals surface area contributed by atoms with E-state index in [1.165, 1.54) is 4.90 Å². The summed E-state index contributed by atoms with van der Waals surface area (Å²) in [5, 5.41) is 3.26. The molecule has 168 valence electrons. The highest BCUT2D eigenvalue weighted by molar-refractivity contribution is 5.82. The number of amides is 1. The number of nitrogens with zero attached hydrogens (tertiary/aromatic N) is 3. The molecule has 4 heterocycles. The van der Waals surface area contributed by atoms with Crippen LogP contribution in [0, 0.1) is 0 Å². The number of hydrogen-bond acceptors (Lipinski definition) is 6. The molecular formula is C22H28F2N4O3. The van der Waals surface area contributed by atoms with Crippen LogP contribution < -0.4 is 10.1 Å². The van der Waals surface area contributed by atoms with Crippen LogP contribution in [-0.2, 0) is 4.79 Å². The fourth-order valence-electron chi connectivity index (χ4n) is 5.07. The Hall–Kier alpha value is -2.26. The van der Waals surface area contributed by atoms with E-state index in [9.17, 15) is 13.6 Å². The summed E-state index contributed by atoms with van der Waals surface area (Å²) in [5.74, 6) is -1.12. The van der Waals surface area contributed by atoms with Gasteiger partial charge in [0.25, 0.3) is 5.92 Å². The zero-order valence-corrected chi connectivity index (χ0v) is 17.7. The highest BCUT2D eigenvalue weighted by atomic mass is 19.3. The van der Waals surface area contributed by atoms with Gasteiger partial charge in [0.2, 0.25) is 5.91 Å². The Kier molecular flexibility index (Phi) is 5.34. The van der Waals surface area contributed by atoms with Gasteiger partial charge in [0.15, 0.2) is 11.5 Å². The molecule has 0 unspecified atom stereocenters. The molecule has 1 N–H and O–H groups in total. The molecule has 2 aromatic rings. The van der Waals surface area contributed by atoms with Crippen LogP contribution in [0.5, 0.6) is 5.75 Å². The highest BCUT2D eigenvalue weighted by Crippen LogP contribution is 2.33. The number of benzene rings is 1. The van der Waals surface area contributed by atoms with Gasteiger partial charge in [-0.25, -0.2) is 13.8 Å². The van der Waals surface area contributed by atoms with E-state index in [0.29, 0.717) is 13.0 Å². The van der Waals surface area contributed by atoms with Crippen molar-refractivity contribution in [2.45, 2.75) is 49.6 Å². The Bertz CT molecular complexity index is 957. The van der Waals surface area contributed by atoms with E-state index in [2.05, 4.69) is 15.2 Å². The number of carbonyl (C=O) groups is 1. The molecular weight excluding hydrogens is 406 g/mol. The van der Waals surface area contributed by atoms with Gasteiger partial charge in [-0.15, -0.1) is 0 Å². The maximum Gasteiger partial charge on any atom is 0.267 e. The summed E-state index contributed by atoms with van der Waals surface area (Å²) < 4.78 is 38.1. The van der Waals surface area contributed by atoms with Crippen LogP contribution in [-0.4, -0.2) is 78.5 Å². The molecule has 1 aromatic carbocycles. The second kappa shape index (κ2) is 8.02. The summed E-state index contributed by atoms with van der Waals surface area (Å²) >= 11 is 0. The molecule has 0 aliphatic carbocycles. The van der Waals surface area contributed by atoms with Gasteiger partial charge in [-0.3, -0.25) is 9.69 Å². The van der Waals surface area contributed by atoms with Gasteiger partial charge in [-0.2, -0.15) is 0 Å². The summed E-state index contributed by atoms with van der Waals surface area (Å²) in [4.78, 5) is 21.0. The van der Waals surface area contributed by atoms with E-state index >= 15 is 0 Å². The Balaban J connectivity index is 1.15. The first kappa shape index (κ1) is 20.6. The third kappa shape index (κ3) is 4.13. The molecule has 3 aliphatic rings. The minimum absolute atomic E-state index is 0.149. The number of oxazole rings is 1. The Morgan fingerprint density at radius 3 is 2.81 bits per heavy atom. The van der Waals surface area contributed by atoms with E-state index < -0.39 is 12.5 Å². The van der Waals surface area contributed by atoms with Crippen molar-refractivity contribution in [1.29, 1.82) is 0 Å². The molecule has 3 aliphatic heterocycles. The summed E-state index contributed by atoms with van der Waals surface area (Å²) in [6.45, 7) is 2.23. The van der Waals surface area contributed by atoms with Crippen LogP contribution in [0.1, 0.15) is 37.5 Å². The highest BCUT2D eigenvalue weighted by Gasteiger charge is 2.44. The van der Waals surface area contributed by atoms with Gasteiger partial charge < -0.3 is 19.4 Å². The topological polar surface area (TPSA) is 70.8 Å². The second-order valence-corrected chi connectivity index (χ2v) is 8.91. The predicted molar refractivity (Wildman–Crippen MR) is 110 cm³/mol. The van der Waals surface area contributed by atoms with Crippen molar-refractivity contribution in [2.75, 3.05) is 39.8 Å². The number of fused-ring (bicyclic) bond motifs is 1. The van der Waals surface area contributed by atoms with Crippen molar-refractivity contribution in [2.24, 2.45) is 0 Å². The zero-order chi connectivity index (χ0) is 21.6. The molecule has 5 rings (SSSR count). The zero-order valence-electron chi connectivity index (χ0n) is 17.7. The molecule has 3 fully saturated rings. The van der Waals surface area contributed by atoms with Crippen LogP contribution in [0.15, 0.2) is 22.6 Å². The lowest BCUT2D eigenvalue weighted by Gasteiger charge is -2.34. The van der Waals surface area contributed by atoms with Gasteiger partial charge in [-0.1, -0.05) is 0 Å². The van der Waals surface area contributed by atoms with Gasteiger partial charge in [0.1, 0.15) is 11.3 Å². The Morgan fingerprint density at radius 1 is 1.29 bits per heavy atom. The summed E-state index contributed by atoms with van der Waals surface area (Å²) in [6.07, 6.45) is 2.33. The molecule has 2 atom stereocenters. The van der Waals surface area contributed by atoms with Crippen LogP contribution in [0.25, 0.3) is 11.1 Å². The first-order chi connectivity index (χ1) is 14.9. The van der Waals surface area contributed by atoms with E-state index in [1.807, 2.05) is 18.2 Å². The summed E-state index contributed by atoms with van der Waals surface area (Å²) in [6, 6.07) is 5.54. The number of methoxy groups -OCH3 is 1. The van der Waals surface area contributed by atoms with Gasteiger partial charge in [0.05, 0.1) is 19.7 Å². The number of carbonyl (C=O) groups excluding carboxylic acids is 1. The summed E-state index contributed by atoms with van der Waals surface area (Å²) in [7, 11) is 1.63. The minimum Gasteiger partial charge on any atom is -0.497 e. The van der Waals surface area contributed by atoms with Crippen LogP contribution in [0.4, 0.5) is 8.78 Å². The Labute approximate surface area is 179 Å². The van der Waals surface area contributed by atoms with Crippen molar-refractivity contribution in [3.05, 3.63) is 24.1 Å². The number of likely N-dealkylation sites (tertiary alicyclic amines) is 2. The molecule has 0 saturated carbocycles. The molecule has 31 heavy (non-hydrogen) atoms. The maximum atomic E-state index is 13.5. The molecule has 0 spiro atoms. The number of nitrogens with one attached hydrogen (secondary N) is 1. The number of alkyl halides is 2. The molecule has 0 radical (unpaired) electrons. The normalized spacial score (nSPS) is 27.3. The fraction of sp³-hybridized carbons (Fsp3) is 0.636. The smallest absolute Gasteiger partial charge is 0.267 e. The average molecular weight is 434 g/mol. The molecule has 1 aromatic heterocycles. The fourth-order valence-corrected chi connectivity index (χ4v) is 5.07. The van der Waals surface area contributed by atoms with Crippen LogP contribution in [0.3, 0.4) is 0 Å². The van der Waals surface area contributed by atoms with Crippen molar-refractivity contribution < 1.29 is 22.7 Å². The lowest BCUT2D eigenvalue weighted by atomic mass is 9.95. The SMILES string of the molecule is COc1ccc2oc(C3CCN([C@@H]4CN[C@H](C(=O)N5CCC(F)(F)C5)C4)CC3)nc2c1. The third-order valence-electron chi connectivity index (χ3n) is 6.89. The van der Waals surface area contributed by atoms with Gasteiger partial charge in [-0.05, 0) is 44.5 Å². The van der Waals surface area contributed by atoms with E-state index in [-0.39, 0.29) is 36.9 Å². The number of rotatable bonds is 4. The third-order valence-corrected chi connectivity index (χ3v) is 6.89. The van der Waals surface area contributed by atoms with E-state index in [0.717, 1.165) is 48.7 Å². The van der Waals surface area contributed by atoms with Crippen molar-refractivity contribution in [3.8, 4) is 5.75 Å².